The normalized spacial score (nSPS) is 13.2. The first-order chi connectivity index (χ1) is 7.99. The van der Waals surface area contributed by atoms with Crippen LogP contribution in [0.15, 0.2) is 4.47 Å². The second-order valence-corrected chi connectivity index (χ2v) is 4.38. The fourth-order valence-electron chi connectivity index (χ4n) is 1.86. The van der Waals surface area contributed by atoms with Crippen LogP contribution in [-0.4, -0.2) is 24.2 Å². The van der Waals surface area contributed by atoms with E-state index in [1.807, 2.05) is 0 Å². The van der Waals surface area contributed by atoms with E-state index in [1.165, 1.54) is 7.11 Å². The van der Waals surface area contributed by atoms with E-state index in [9.17, 15) is 14.7 Å². The summed E-state index contributed by atoms with van der Waals surface area (Å²) in [5.74, 6) is -1.42. The molecule has 1 N–H and O–H groups in total. The number of carbonyl (C=O) groups is 2. The van der Waals surface area contributed by atoms with Crippen LogP contribution in [0.3, 0.4) is 0 Å². The number of phenols is 1. The molecule has 0 unspecified atom stereocenters. The quantitative estimate of drug-likeness (QED) is 0.802. The van der Waals surface area contributed by atoms with Gasteiger partial charge < -0.3 is 14.6 Å². The van der Waals surface area contributed by atoms with Crippen molar-refractivity contribution in [3.05, 3.63) is 26.7 Å². The molecule has 1 heterocycles. The molecule has 0 saturated carbocycles. The smallest absolute Gasteiger partial charge is 0.341 e. The molecule has 90 valence electrons. The maximum absolute atomic E-state index is 11.6. The Kier molecular flexibility index (Phi) is 2.82. The van der Waals surface area contributed by atoms with Gasteiger partial charge in [-0.25, -0.2) is 9.59 Å². The van der Waals surface area contributed by atoms with Crippen LogP contribution < -0.4 is 0 Å². The van der Waals surface area contributed by atoms with Crippen molar-refractivity contribution in [1.82, 2.24) is 0 Å². The van der Waals surface area contributed by atoms with Gasteiger partial charge in [0.05, 0.1) is 17.1 Å². The molecule has 6 heteroatoms. The highest BCUT2D eigenvalue weighted by atomic mass is 79.9. The molecule has 1 aliphatic rings. The van der Waals surface area contributed by atoms with Crippen LogP contribution in [0.1, 0.15) is 31.8 Å². The maximum atomic E-state index is 11.6. The summed E-state index contributed by atoms with van der Waals surface area (Å²) in [6, 6.07) is 0. The summed E-state index contributed by atoms with van der Waals surface area (Å²) in [7, 11) is 1.21. The third-order valence-corrected chi connectivity index (χ3v) is 3.56. The summed E-state index contributed by atoms with van der Waals surface area (Å²) in [5, 5.41) is 9.92. The first kappa shape index (κ1) is 11.9. The molecular formula is C11H9BrO5. The average Bonchev–Trinajstić information content (AvgIpc) is 2.68. The summed E-state index contributed by atoms with van der Waals surface area (Å²) in [4.78, 5) is 23.1. The third kappa shape index (κ3) is 1.59. The third-order valence-electron chi connectivity index (χ3n) is 2.70. The zero-order chi connectivity index (χ0) is 12.7. The molecule has 5 nitrogen and oxygen atoms in total. The minimum atomic E-state index is -0.691. The Bertz CT molecular complexity index is 535. The molecule has 1 aliphatic heterocycles. The molecule has 0 saturated heterocycles. The summed E-state index contributed by atoms with van der Waals surface area (Å²) >= 11 is 3.15. The van der Waals surface area contributed by atoms with Crippen molar-refractivity contribution in [2.24, 2.45) is 0 Å². The highest BCUT2D eigenvalue weighted by molar-refractivity contribution is 9.10. The number of halogens is 1. The molecule has 0 radical (unpaired) electrons. The lowest BCUT2D eigenvalue weighted by Crippen LogP contribution is -2.09. The second kappa shape index (κ2) is 4.03. The standard InChI is InChI=1S/C11H9BrO5/c1-4-6-5(3-17-11(6)15)8(12)9(13)7(4)10(14)16-2/h13H,3H2,1-2H3. The topological polar surface area (TPSA) is 72.8 Å². The van der Waals surface area contributed by atoms with E-state index >= 15 is 0 Å². The lowest BCUT2D eigenvalue weighted by Gasteiger charge is -2.11. The van der Waals surface area contributed by atoms with Gasteiger partial charge in [-0.1, -0.05) is 0 Å². The van der Waals surface area contributed by atoms with Crippen molar-refractivity contribution in [1.29, 1.82) is 0 Å². The van der Waals surface area contributed by atoms with E-state index in [0.717, 1.165) is 0 Å². The number of ether oxygens (including phenoxy) is 2. The largest absolute Gasteiger partial charge is 0.506 e. The summed E-state index contributed by atoms with van der Waals surface area (Å²) in [5.41, 5.74) is 1.22. The average molecular weight is 301 g/mol. The Balaban J connectivity index is 2.79. The Labute approximate surface area is 105 Å². The maximum Gasteiger partial charge on any atom is 0.341 e. The number of esters is 2. The number of methoxy groups -OCH3 is 1. The fraction of sp³-hybridized carbons (Fsp3) is 0.273. The van der Waals surface area contributed by atoms with Crippen LogP contribution >= 0.6 is 15.9 Å². The Morgan fingerprint density at radius 2 is 2.18 bits per heavy atom. The van der Waals surface area contributed by atoms with Gasteiger partial charge in [-0.15, -0.1) is 0 Å². The van der Waals surface area contributed by atoms with Crippen LogP contribution in [-0.2, 0) is 16.1 Å². The van der Waals surface area contributed by atoms with Crippen molar-refractivity contribution in [3.8, 4) is 5.75 Å². The van der Waals surface area contributed by atoms with Gasteiger partial charge in [0, 0.05) is 5.56 Å². The molecule has 0 aliphatic carbocycles. The number of cyclic esters (lactones) is 1. The Hall–Kier alpha value is -1.56. The lowest BCUT2D eigenvalue weighted by molar-refractivity contribution is 0.0534. The van der Waals surface area contributed by atoms with E-state index in [-0.39, 0.29) is 17.9 Å². The molecular weight excluding hydrogens is 292 g/mol. The second-order valence-electron chi connectivity index (χ2n) is 3.58. The fourth-order valence-corrected chi connectivity index (χ4v) is 2.38. The SMILES string of the molecule is COC(=O)c1c(C)c2c(c(Br)c1O)COC2=O. The molecule has 0 spiro atoms. The lowest BCUT2D eigenvalue weighted by atomic mass is 9.97. The van der Waals surface area contributed by atoms with E-state index in [0.29, 0.717) is 21.2 Å². The molecule has 1 aromatic rings. The van der Waals surface area contributed by atoms with Gasteiger partial charge in [0.25, 0.3) is 0 Å². The van der Waals surface area contributed by atoms with Crippen LogP contribution in [0.5, 0.6) is 5.75 Å². The minimum Gasteiger partial charge on any atom is -0.506 e. The number of aromatic hydroxyl groups is 1. The molecule has 0 bridgehead atoms. The van der Waals surface area contributed by atoms with E-state index < -0.39 is 11.9 Å². The van der Waals surface area contributed by atoms with Crippen LogP contribution in [0.4, 0.5) is 0 Å². The number of fused-ring (bicyclic) bond motifs is 1. The number of carbonyl (C=O) groups excluding carboxylic acids is 2. The number of hydrogen-bond acceptors (Lipinski definition) is 5. The van der Waals surface area contributed by atoms with Crippen molar-refractivity contribution < 1.29 is 24.2 Å². The van der Waals surface area contributed by atoms with Gasteiger partial charge in [-0.2, -0.15) is 0 Å². The zero-order valence-electron chi connectivity index (χ0n) is 9.17. The molecule has 0 aromatic heterocycles. The van der Waals surface area contributed by atoms with E-state index in [1.54, 1.807) is 6.92 Å². The van der Waals surface area contributed by atoms with Crippen molar-refractivity contribution in [3.63, 3.8) is 0 Å². The number of benzene rings is 1. The number of hydrogen-bond donors (Lipinski definition) is 1. The summed E-state index contributed by atoms with van der Waals surface area (Å²) < 4.78 is 9.75. The Morgan fingerprint density at radius 1 is 1.53 bits per heavy atom. The number of phenolic OH excluding ortho intramolecular Hbond substituents is 1. The minimum absolute atomic E-state index is 0.0167. The highest BCUT2D eigenvalue weighted by Crippen LogP contribution is 2.40. The molecule has 0 atom stereocenters. The molecule has 1 aromatic carbocycles. The summed E-state index contributed by atoms with van der Waals surface area (Å²) in [6.07, 6.45) is 0. The van der Waals surface area contributed by atoms with Gasteiger partial charge in [0.15, 0.2) is 0 Å². The first-order valence-electron chi connectivity index (χ1n) is 4.78. The number of rotatable bonds is 1. The van der Waals surface area contributed by atoms with Gasteiger partial charge in [-0.05, 0) is 28.4 Å². The van der Waals surface area contributed by atoms with Crippen molar-refractivity contribution >= 4 is 27.9 Å². The molecule has 2 rings (SSSR count). The molecule has 17 heavy (non-hydrogen) atoms. The van der Waals surface area contributed by atoms with Crippen LogP contribution in [0, 0.1) is 6.92 Å². The van der Waals surface area contributed by atoms with Gasteiger partial charge in [-0.3, -0.25) is 0 Å². The predicted octanol–water partition coefficient (Wildman–Crippen LogP) is 1.92. The summed E-state index contributed by atoms with van der Waals surface area (Å²) in [6.45, 7) is 1.66. The highest BCUT2D eigenvalue weighted by Gasteiger charge is 2.32. The van der Waals surface area contributed by atoms with E-state index in [2.05, 4.69) is 20.7 Å². The van der Waals surface area contributed by atoms with Gasteiger partial charge in [0.2, 0.25) is 0 Å². The van der Waals surface area contributed by atoms with Gasteiger partial charge in [0.1, 0.15) is 17.9 Å². The Morgan fingerprint density at radius 3 is 2.76 bits per heavy atom. The molecule has 0 fully saturated rings. The van der Waals surface area contributed by atoms with Gasteiger partial charge >= 0.3 is 11.9 Å². The van der Waals surface area contributed by atoms with Crippen LogP contribution in [0.25, 0.3) is 0 Å². The zero-order valence-corrected chi connectivity index (χ0v) is 10.8. The van der Waals surface area contributed by atoms with Crippen molar-refractivity contribution in [2.75, 3.05) is 7.11 Å². The molecule has 0 amide bonds. The van der Waals surface area contributed by atoms with E-state index in [4.69, 9.17) is 4.74 Å². The van der Waals surface area contributed by atoms with Crippen molar-refractivity contribution in [2.45, 2.75) is 13.5 Å². The monoisotopic (exact) mass is 300 g/mol. The van der Waals surface area contributed by atoms with Crippen LogP contribution in [0.2, 0.25) is 0 Å². The predicted molar refractivity (Wildman–Crippen MR) is 61.0 cm³/mol. The first-order valence-corrected chi connectivity index (χ1v) is 5.57.